The molecule has 160 valence electrons. The van der Waals surface area contributed by atoms with E-state index in [0.29, 0.717) is 22.3 Å². The molecular formula is C25H21N3O3S. The molecule has 0 saturated heterocycles. The van der Waals surface area contributed by atoms with Crippen LogP contribution >= 0.6 is 11.8 Å². The highest BCUT2D eigenvalue weighted by Gasteiger charge is 2.17. The summed E-state index contributed by atoms with van der Waals surface area (Å²) in [7, 11) is 0. The third-order valence-electron chi connectivity index (χ3n) is 4.55. The first-order chi connectivity index (χ1) is 15.6. The summed E-state index contributed by atoms with van der Waals surface area (Å²) in [6, 6.07) is 27.5. The number of carbonyl (C=O) groups excluding carboxylic acids is 1. The number of ether oxygens (including phenoxy) is 1. The number of para-hydroxylation sites is 1. The Morgan fingerprint density at radius 1 is 0.938 bits per heavy atom. The average molecular weight is 444 g/mol. The molecule has 1 aromatic heterocycles. The fourth-order valence-electron chi connectivity index (χ4n) is 2.94. The number of aromatic nitrogens is 2. The Hall–Kier alpha value is -3.84. The Morgan fingerprint density at radius 2 is 1.56 bits per heavy atom. The largest absolute Gasteiger partial charge is 0.457 e. The SMILES string of the molecule is CC(Sc1nc(-c2ccccc2)cc(=O)[nH]1)C(=O)Nc1ccc(Oc2ccccc2)cc1. The van der Waals surface area contributed by atoms with Crippen LogP contribution in [0.5, 0.6) is 11.5 Å². The summed E-state index contributed by atoms with van der Waals surface area (Å²) in [4.78, 5) is 31.9. The van der Waals surface area contributed by atoms with Crippen molar-refractivity contribution >= 4 is 23.4 Å². The zero-order valence-electron chi connectivity index (χ0n) is 17.3. The van der Waals surface area contributed by atoms with Gasteiger partial charge in [0.1, 0.15) is 11.5 Å². The van der Waals surface area contributed by atoms with Crippen molar-refractivity contribution < 1.29 is 9.53 Å². The van der Waals surface area contributed by atoms with Gasteiger partial charge in [-0.1, -0.05) is 60.3 Å². The van der Waals surface area contributed by atoms with Gasteiger partial charge in [-0.05, 0) is 43.3 Å². The van der Waals surface area contributed by atoms with Gasteiger partial charge in [-0.3, -0.25) is 9.59 Å². The van der Waals surface area contributed by atoms with E-state index in [-0.39, 0.29) is 11.5 Å². The van der Waals surface area contributed by atoms with Crippen molar-refractivity contribution in [2.75, 3.05) is 5.32 Å². The van der Waals surface area contributed by atoms with Crippen LogP contribution in [-0.4, -0.2) is 21.1 Å². The van der Waals surface area contributed by atoms with E-state index in [1.165, 1.54) is 17.8 Å². The molecule has 3 aromatic carbocycles. The van der Waals surface area contributed by atoms with Crippen molar-refractivity contribution in [2.45, 2.75) is 17.3 Å². The highest BCUT2D eigenvalue weighted by molar-refractivity contribution is 8.00. The van der Waals surface area contributed by atoms with Crippen molar-refractivity contribution in [1.82, 2.24) is 9.97 Å². The predicted molar refractivity (Wildman–Crippen MR) is 127 cm³/mol. The van der Waals surface area contributed by atoms with Gasteiger partial charge in [0.15, 0.2) is 5.16 Å². The number of thioether (sulfide) groups is 1. The maximum atomic E-state index is 12.6. The lowest BCUT2D eigenvalue weighted by molar-refractivity contribution is -0.115. The summed E-state index contributed by atoms with van der Waals surface area (Å²) >= 11 is 1.20. The Labute approximate surface area is 189 Å². The van der Waals surface area contributed by atoms with Crippen molar-refractivity contribution in [3.63, 3.8) is 0 Å². The van der Waals surface area contributed by atoms with Crippen molar-refractivity contribution in [3.05, 3.63) is 101 Å². The summed E-state index contributed by atoms with van der Waals surface area (Å²) in [5, 5.41) is 2.80. The molecule has 1 amide bonds. The van der Waals surface area contributed by atoms with Crippen LogP contribution in [0.25, 0.3) is 11.3 Å². The third-order valence-corrected chi connectivity index (χ3v) is 5.53. The van der Waals surface area contributed by atoms with Gasteiger partial charge < -0.3 is 15.0 Å². The second kappa shape index (κ2) is 9.98. The minimum Gasteiger partial charge on any atom is -0.457 e. The van der Waals surface area contributed by atoms with Crippen LogP contribution in [0.3, 0.4) is 0 Å². The fraction of sp³-hybridized carbons (Fsp3) is 0.0800. The van der Waals surface area contributed by atoms with E-state index in [9.17, 15) is 9.59 Å². The molecule has 1 heterocycles. The van der Waals surface area contributed by atoms with Crippen molar-refractivity contribution in [3.8, 4) is 22.8 Å². The maximum Gasteiger partial charge on any atom is 0.252 e. The number of nitrogens with one attached hydrogen (secondary N) is 2. The molecule has 7 heteroatoms. The maximum absolute atomic E-state index is 12.6. The van der Waals surface area contributed by atoms with E-state index in [1.54, 1.807) is 31.2 Å². The molecule has 6 nitrogen and oxygen atoms in total. The van der Waals surface area contributed by atoms with Gasteiger partial charge in [0.25, 0.3) is 5.56 Å². The molecule has 0 radical (unpaired) electrons. The number of nitrogens with zero attached hydrogens (tertiary/aromatic N) is 1. The molecule has 4 rings (SSSR count). The second-order valence-electron chi connectivity index (χ2n) is 6.99. The molecule has 32 heavy (non-hydrogen) atoms. The van der Waals surface area contributed by atoms with Gasteiger partial charge in [-0.15, -0.1) is 0 Å². The molecule has 1 unspecified atom stereocenters. The highest BCUT2D eigenvalue weighted by atomic mass is 32.2. The van der Waals surface area contributed by atoms with E-state index in [4.69, 9.17) is 4.74 Å². The third kappa shape index (κ3) is 5.65. The number of H-pyrrole nitrogens is 1. The quantitative estimate of drug-likeness (QED) is 0.297. The van der Waals surface area contributed by atoms with Gasteiger partial charge >= 0.3 is 0 Å². The number of hydrogen-bond donors (Lipinski definition) is 2. The van der Waals surface area contributed by atoms with Gasteiger partial charge in [-0.25, -0.2) is 4.98 Å². The second-order valence-corrected chi connectivity index (χ2v) is 8.32. The van der Waals surface area contributed by atoms with Crippen molar-refractivity contribution in [1.29, 1.82) is 0 Å². The Bertz CT molecular complexity index is 1240. The number of hydrogen-bond acceptors (Lipinski definition) is 5. The minimum absolute atomic E-state index is 0.195. The van der Waals surface area contributed by atoms with Crippen LogP contribution in [-0.2, 0) is 4.79 Å². The molecule has 4 aromatic rings. The fourth-order valence-corrected chi connectivity index (χ4v) is 3.76. The molecule has 0 aliphatic rings. The molecule has 1 atom stereocenters. The van der Waals surface area contributed by atoms with Crippen LogP contribution in [0.1, 0.15) is 6.92 Å². The average Bonchev–Trinajstić information content (AvgIpc) is 2.81. The van der Waals surface area contributed by atoms with E-state index in [0.717, 1.165) is 11.3 Å². The molecule has 0 spiro atoms. The topological polar surface area (TPSA) is 84.1 Å². The Balaban J connectivity index is 1.39. The number of benzene rings is 3. The summed E-state index contributed by atoms with van der Waals surface area (Å²) in [6.45, 7) is 1.77. The summed E-state index contributed by atoms with van der Waals surface area (Å²) in [6.07, 6.45) is 0. The van der Waals surface area contributed by atoms with Crippen LogP contribution in [0.2, 0.25) is 0 Å². The molecule has 0 aliphatic carbocycles. The Morgan fingerprint density at radius 3 is 2.25 bits per heavy atom. The molecule has 0 saturated carbocycles. The van der Waals surface area contributed by atoms with E-state index in [2.05, 4.69) is 15.3 Å². The normalized spacial score (nSPS) is 11.5. The molecule has 0 bridgehead atoms. The van der Waals surface area contributed by atoms with Gasteiger partial charge in [0.2, 0.25) is 5.91 Å². The van der Waals surface area contributed by atoms with Crippen LogP contribution in [0, 0.1) is 0 Å². The zero-order chi connectivity index (χ0) is 22.3. The first-order valence-corrected chi connectivity index (χ1v) is 10.9. The smallest absolute Gasteiger partial charge is 0.252 e. The standard InChI is InChI=1S/C25H21N3O3S/c1-17(32-25-27-22(16-23(29)28-25)18-8-4-2-5-9-18)24(30)26-19-12-14-21(15-13-19)31-20-10-6-3-7-11-20/h2-17H,1H3,(H,26,30)(H,27,28,29). The van der Waals surface area contributed by atoms with E-state index >= 15 is 0 Å². The lowest BCUT2D eigenvalue weighted by Gasteiger charge is -2.12. The van der Waals surface area contributed by atoms with E-state index < -0.39 is 5.25 Å². The van der Waals surface area contributed by atoms with E-state index in [1.807, 2.05) is 60.7 Å². The predicted octanol–water partition coefficient (Wildman–Crippen LogP) is 5.35. The number of rotatable bonds is 7. The minimum atomic E-state index is -0.468. The summed E-state index contributed by atoms with van der Waals surface area (Å²) in [5.74, 6) is 1.23. The van der Waals surface area contributed by atoms with Gasteiger partial charge in [-0.2, -0.15) is 0 Å². The lowest BCUT2D eigenvalue weighted by atomic mass is 10.1. The molecule has 0 aliphatic heterocycles. The number of amides is 1. The Kier molecular flexibility index (Phi) is 6.67. The first-order valence-electron chi connectivity index (χ1n) is 10.0. The molecule has 0 fully saturated rings. The van der Waals surface area contributed by atoms with Crippen molar-refractivity contribution in [2.24, 2.45) is 0 Å². The molecule has 2 N–H and O–H groups in total. The lowest BCUT2D eigenvalue weighted by Crippen LogP contribution is -2.23. The summed E-state index contributed by atoms with van der Waals surface area (Å²) in [5.41, 5.74) is 1.80. The highest BCUT2D eigenvalue weighted by Crippen LogP contribution is 2.25. The number of anilines is 1. The summed E-state index contributed by atoms with van der Waals surface area (Å²) < 4.78 is 5.76. The van der Waals surface area contributed by atoms with Gasteiger partial charge in [0, 0.05) is 17.3 Å². The number of aromatic amines is 1. The number of carbonyl (C=O) groups is 1. The first kappa shape index (κ1) is 21.4. The monoisotopic (exact) mass is 443 g/mol. The van der Waals surface area contributed by atoms with Crippen LogP contribution in [0.15, 0.2) is 101 Å². The van der Waals surface area contributed by atoms with Crippen LogP contribution in [0.4, 0.5) is 5.69 Å². The van der Waals surface area contributed by atoms with Crippen LogP contribution < -0.4 is 15.6 Å². The van der Waals surface area contributed by atoms with Gasteiger partial charge in [0.05, 0.1) is 10.9 Å². The molecular weight excluding hydrogens is 422 g/mol. The zero-order valence-corrected chi connectivity index (χ0v) is 18.1.